The van der Waals surface area contributed by atoms with Crippen LogP contribution in [0.5, 0.6) is 0 Å². The summed E-state index contributed by atoms with van der Waals surface area (Å²) in [7, 11) is 0. The molecule has 29 heavy (non-hydrogen) atoms. The summed E-state index contributed by atoms with van der Waals surface area (Å²) in [6, 6.07) is 15.3. The van der Waals surface area contributed by atoms with E-state index in [4.69, 9.17) is 11.6 Å². The number of anilines is 1. The smallest absolute Gasteiger partial charge is 0.234 e. The van der Waals surface area contributed by atoms with E-state index in [2.05, 4.69) is 31.3 Å². The Labute approximate surface area is 185 Å². The van der Waals surface area contributed by atoms with E-state index in [0.717, 1.165) is 37.5 Å². The summed E-state index contributed by atoms with van der Waals surface area (Å²) < 4.78 is 2.63. The number of amides is 1. The number of carbonyl (C=O) groups excluding carboxylic acids is 1. The number of aryl methyl sites for hydroxylation is 1. The molecule has 0 unspecified atom stereocenters. The summed E-state index contributed by atoms with van der Waals surface area (Å²) in [4.78, 5) is 16.8. The van der Waals surface area contributed by atoms with Gasteiger partial charge in [0, 0.05) is 27.5 Å². The third-order valence-corrected chi connectivity index (χ3v) is 6.14. The lowest BCUT2D eigenvalue weighted by atomic mass is 10.1. The monoisotopic (exact) mass is 486 g/mol. The Morgan fingerprint density at radius 2 is 2.00 bits per heavy atom. The van der Waals surface area contributed by atoms with Crippen LogP contribution in [-0.4, -0.2) is 26.3 Å². The molecule has 0 aliphatic carbocycles. The Morgan fingerprint density at radius 3 is 2.76 bits per heavy atom. The average molecular weight is 488 g/mol. The topological polar surface area (TPSA) is 59.3 Å². The molecule has 0 saturated carbocycles. The molecule has 8 heteroatoms. The van der Waals surface area contributed by atoms with Gasteiger partial charge in [-0.1, -0.05) is 41.6 Å². The molecule has 0 aliphatic heterocycles. The number of nitrogens with one attached hydrogen (secondary N) is 1. The number of thioether (sulfide) groups is 1. The minimum atomic E-state index is -0.0965. The van der Waals surface area contributed by atoms with Gasteiger partial charge in [0.2, 0.25) is 5.91 Å². The van der Waals surface area contributed by atoms with Crippen molar-refractivity contribution in [2.45, 2.75) is 11.9 Å². The van der Waals surface area contributed by atoms with Crippen molar-refractivity contribution in [1.82, 2.24) is 14.6 Å². The van der Waals surface area contributed by atoms with E-state index in [-0.39, 0.29) is 11.7 Å². The molecule has 0 saturated heterocycles. The van der Waals surface area contributed by atoms with Gasteiger partial charge in [-0.25, -0.2) is 9.50 Å². The Balaban J connectivity index is 1.50. The summed E-state index contributed by atoms with van der Waals surface area (Å²) >= 11 is 10.8. The molecule has 0 bridgehead atoms. The number of rotatable bonds is 5. The molecular weight excluding hydrogens is 472 g/mol. The van der Waals surface area contributed by atoms with Gasteiger partial charge in [-0.15, -0.1) is 0 Å². The fraction of sp³-hybridized carbons (Fsp3) is 0.0952. The molecule has 4 rings (SSSR count). The van der Waals surface area contributed by atoms with Gasteiger partial charge >= 0.3 is 0 Å². The lowest BCUT2D eigenvalue weighted by Crippen LogP contribution is -2.14. The first-order valence-corrected chi connectivity index (χ1v) is 10.9. The number of benzene rings is 2. The molecule has 2 heterocycles. The van der Waals surface area contributed by atoms with Gasteiger partial charge in [-0.05, 0) is 58.7 Å². The van der Waals surface area contributed by atoms with E-state index < -0.39 is 0 Å². The van der Waals surface area contributed by atoms with E-state index in [0.29, 0.717) is 5.02 Å². The Morgan fingerprint density at radius 1 is 1.21 bits per heavy atom. The van der Waals surface area contributed by atoms with E-state index in [9.17, 15) is 4.79 Å². The molecule has 2 aromatic heterocycles. The van der Waals surface area contributed by atoms with Crippen LogP contribution in [0.15, 0.2) is 70.4 Å². The standard InChI is InChI=1S/C21H16BrClN4OS/c1-13-2-7-17(16(22)10-13)25-20(28)12-29-21-19-11-18(26-27(19)9-8-24-21)14-3-5-15(23)6-4-14/h2-11H,12H2,1H3,(H,25,28). The maximum atomic E-state index is 12.4. The summed E-state index contributed by atoms with van der Waals surface area (Å²) in [6.07, 6.45) is 3.48. The fourth-order valence-corrected chi connectivity index (χ4v) is 4.31. The van der Waals surface area contributed by atoms with E-state index >= 15 is 0 Å². The summed E-state index contributed by atoms with van der Waals surface area (Å²) in [5.74, 6) is 0.148. The summed E-state index contributed by atoms with van der Waals surface area (Å²) in [6.45, 7) is 2.00. The number of fused-ring (bicyclic) bond motifs is 1. The van der Waals surface area contributed by atoms with E-state index in [1.165, 1.54) is 11.8 Å². The Kier molecular flexibility index (Phi) is 5.89. The van der Waals surface area contributed by atoms with Crippen molar-refractivity contribution in [3.8, 4) is 11.3 Å². The van der Waals surface area contributed by atoms with Crippen molar-refractivity contribution < 1.29 is 4.79 Å². The maximum absolute atomic E-state index is 12.4. The van der Waals surface area contributed by atoms with E-state index in [1.807, 2.05) is 55.5 Å². The second-order valence-corrected chi connectivity index (χ2v) is 8.67. The predicted octanol–water partition coefficient (Wildman–Crippen LogP) is 5.85. The highest BCUT2D eigenvalue weighted by Crippen LogP contribution is 2.28. The SMILES string of the molecule is Cc1ccc(NC(=O)CSc2nccn3nc(-c4ccc(Cl)cc4)cc23)c(Br)c1. The Bertz CT molecular complexity index is 1190. The highest BCUT2D eigenvalue weighted by Gasteiger charge is 2.12. The first-order valence-electron chi connectivity index (χ1n) is 8.79. The van der Waals surface area contributed by atoms with E-state index in [1.54, 1.807) is 16.9 Å². The minimum absolute atomic E-state index is 0.0965. The van der Waals surface area contributed by atoms with Crippen molar-refractivity contribution >= 4 is 56.4 Å². The number of hydrogen-bond acceptors (Lipinski definition) is 4. The van der Waals surface area contributed by atoms with Crippen LogP contribution in [-0.2, 0) is 4.79 Å². The van der Waals surface area contributed by atoms with Crippen molar-refractivity contribution in [3.63, 3.8) is 0 Å². The van der Waals surface area contributed by atoms with Crippen LogP contribution >= 0.6 is 39.3 Å². The molecule has 1 N–H and O–H groups in total. The van der Waals surface area contributed by atoms with Crippen LogP contribution in [0.3, 0.4) is 0 Å². The summed E-state index contributed by atoms with van der Waals surface area (Å²) in [5.41, 5.74) is 4.52. The molecule has 146 valence electrons. The van der Waals surface area contributed by atoms with Gasteiger partial charge in [0.05, 0.1) is 22.7 Å². The molecule has 0 fully saturated rings. The first-order chi connectivity index (χ1) is 14.0. The largest absolute Gasteiger partial charge is 0.324 e. The molecule has 5 nitrogen and oxygen atoms in total. The van der Waals surface area contributed by atoms with Crippen LogP contribution in [0.1, 0.15) is 5.56 Å². The van der Waals surface area contributed by atoms with Crippen molar-refractivity contribution in [1.29, 1.82) is 0 Å². The van der Waals surface area contributed by atoms with Crippen LogP contribution in [0.4, 0.5) is 5.69 Å². The lowest BCUT2D eigenvalue weighted by molar-refractivity contribution is -0.113. The van der Waals surface area contributed by atoms with Gasteiger partial charge in [0.25, 0.3) is 0 Å². The normalized spacial score (nSPS) is 11.0. The third kappa shape index (κ3) is 4.63. The van der Waals surface area contributed by atoms with Crippen molar-refractivity contribution in [3.05, 3.63) is 76.0 Å². The van der Waals surface area contributed by atoms with Crippen LogP contribution < -0.4 is 5.32 Å². The maximum Gasteiger partial charge on any atom is 0.234 e. The molecule has 2 aromatic carbocycles. The van der Waals surface area contributed by atoms with Gasteiger partial charge in [0.1, 0.15) is 5.03 Å². The number of nitrogens with zero attached hydrogens (tertiary/aromatic N) is 3. The molecule has 0 spiro atoms. The van der Waals surface area contributed by atoms with Gasteiger partial charge in [0.15, 0.2) is 0 Å². The highest BCUT2D eigenvalue weighted by atomic mass is 79.9. The fourth-order valence-electron chi connectivity index (χ4n) is 2.81. The zero-order valence-electron chi connectivity index (χ0n) is 15.4. The molecule has 0 radical (unpaired) electrons. The average Bonchev–Trinajstić information content (AvgIpc) is 3.14. The van der Waals surface area contributed by atoms with Gasteiger partial charge < -0.3 is 5.32 Å². The zero-order chi connectivity index (χ0) is 20.4. The second kappa shape index (κ2) is 8.57. The molecule has 0 aliphatic rings. The van der Waals surface area contributed by atoms with Crippen molar-refractivity contribution in [2.75, 3.05) is 11.1 Å². The van der Waals surface area contributed by atoms with Crippen LogP contribution in [0.25, 0.3) is 16.8 Å². The van der Waals surface area contributed by atoms with Crippen LogP contribution in [0, 0.1) is 6.92 Å². The van der Waals surface area contributed by atoms with Crippen molar-refractivity contribution in [2.24, 2.45) is 0 Å². The molecule has 4 aromatic rings. The number of hydrogen-bond donors (Lipinski definition) is 1. The first kappa shape index (κ1) is 19.9. The molecule has 1 amide bonds. The van der Waals surface area contributed by atoms with Gasteiger partial charge in [-0.3, -0.25) is 4.79 Å². The number of aromatic nitrogens is 3. The second-order valence-electron chi connectivity index (χ2n) is 6.42. The predicted molar refractivity (Wildman–Crippen MR) is 122 cm³/mol. The van der Waals surface area contributed by atoms with Crippen LogP contribution in [0.2, 0.25) is 5.02 Å². The quantitative estimate of drug-likeness (QED) is 0.359. The minimum Gasteiger partial charge on any atom is -0.324 e. The third-order valence-electron chi connectivity index (χ3n) is 4.23. The zero-order valence-corrected chi connectivity index (χ0v) is 18.6. The number of carbonyl (C=O) groups is 1. The van der Waals surface area contributed by atoms with Gasteiger partial charge in [-0.2, -0.15) is 5.10 Å². The number of halogens is 2. The Hall–Kier alpha value is -2.35. The molecular formula is C21H16BrClN4OS. The lowest BCUT2D eigenvalue weighted by Gasteiger charge is -2.08. The molecule has 0 atom stereocenters. The summed E-state index contributed by atoms with van der Waals surface area (Å²) in [5, 5.41) is 8.95. The highest BCUT2D eigenvalue weighted by molar-refractivity contribution is 9.10.